The summed E-state index contributed by atoms with van der Waals surface area (Å²) in [7, 11) is 5.12. The van der Waals surface area contributed by atoms with Crippen molar-refractivity contribution in [1.29, 1.82) is 0 Å². The number of nitrogens with zero attached hydrogens (tertiary/aromatic N) is 3. The number of fused-ring (bicyclic) bond motifs is 2. The van der Waals surface area contributed by atoms with E-state index in [9.17, 15) is 4.79 Å². The topological polar surface area (TPSA) is 69.9 Å². The number of hydrogen-bond acceptors (Lipinski definition) is 5. The van der Waals surface area contributed by atoms with E-state index in [1.807, 2.05) is 6.07 Å². The third kappa shape index (κ3) is 6.49. The Kier molecular flexibility index (Phi) is 9.23. The SMILES string of the molecule is COCCCn1cc(CN(C(=O)[C@H]2CNCC[C@@H]2c2cccc3ccn(Cc4cc(OC)cc(OC)c4)c23)C2CC2)c2ccccc21. The van der Waals surface area contributed by atoms with Gasteiger partial charge in [0.2, 0.25) is 5.91 Å². The molecule has 1 aliphatic heterocycles. The molecule has 0 radical (unpaired) electrons. The number of rotatable bonds is 13. The second kappa shape index (κ2) is 13.8. The molecule has 2 fully saturated rings. The molecule has 1 saturated carbocycles. The number of carbonyl (C=O) groups excluding carboxylic acids is 1. The van der Waals surface area contributed by atoms with Crippen LogP contribution < -0.4 is 14.8 Å². The van der Waals surface area contributed by atoms with E-state index in [0.29, 0.717) is 25.7 Å². The molecule has 47 heavy (non-hydrogen) atoms. The summed E-state index contributed by atoms with van der Waals surface area (Å²) in [5, 5.41) is 6.01. The fraction of sp³-hybridized carbons (Fsp3) is 0.410. The molecule has 2 aliphatic rings. The van der Waals surface area contributed by atoms with Gasteiger partial charge in [-0.05, 0) is 84.5 Å². The van der Waals surface area contributed by atoms with Crippen LogP contribution in [0.4, 0.5) is 0 Å². The maximum Gasteiger partial charge on any atom is 0.228 e. The first-order chi connectivity index (χ1) is 23.1. The first-order valence-corrected chi connectivity index (χ1v) is 16.9. The molecule has 8 heteroatoms. The summed E-state index contributed by atoms with van der Waals surface area (Å²) < 4.78 is 21.1. The summed E-state index contributed by atoms with van der Waals surface area (Å²) in [5.41, 5.74) is 6.01. The van der Waals surface area contributed by atoms with Gasteiger partial charge in [-0.1, -0.05) is 36.4 Å². The Morgan fingerprint density at radius 1 is 0.936 bits per heavy atom. The van der Waals surface area contributed by atoms with Crippen LogP contribution in [-0.4, -0.2) is 67.0 Å². The molecule has 7 rings (SSSR count). The van der Waals surface area contributed by atoms with E-state index in [2.05, 4.69) is 92.4 Å². The number of para-hydroxylation sites is 2. The van der Waals surface area contributed by atoms with Gasteiger partial charge >= 0.3 is 0 Å². The molecule has 8 nitrogen and oxygen atoms in total. The van der Waals surface area contributed by atoms with Crippen molar-refractivity contribution in [2.24, 2.45) is 5.92 Å². The molecule has 246 valence electrons. The molecular weight excluding hydrogens is 588 g/mol. The second-order valence-electron chi connectivity index (χ2n) is 13.1. The monoisotopic (exact) mass is 634 g/mol. The first kappa shape index (κ1) is 31.3. The van der Waals surface area contributed by atoms with Gasteiger partial charge in [0.15, 0.2) is 0 Å². The molecule has 2 atom stereocenters. The van der Waals surface area contributed by atoms with Crippen LogP contribution in [0.3, 0.4) is 0 Å². The second-order valence-corrected chi connectivity index (χ2v) is 13.1. The third-order valence-corrected chi connectivity index (χ3v) is 10.0. The highest BCUT2D eigenvalue weighted by molar-refractivity contribution is 5.88. The third-order valence-electron chi connectivity index (χ3n) is 10.0. The molecule has 1 amide bonds. The largest absolute Gasteiger partial charge is 0.497 e. The number of benzene rings is 3. The number of aryl methyl sites for hydroxylation is 1. The van der Waals surface area contributed by atoms with Gasteiger partial charge in [0, 0.05) is 75.3 Å². The highest BCUT2D eigenvalue weighted by Gasteiger charge is 2.41. The van der Waals surface area contributed by atoms with Crippen molar-refractivity contribution < 1.29 is 19.0 Å². The fourth-order valence-corrected chi connectivity index (χ4v) is 7.55. The highest BCUT2D eigenvalue weighted by Crippen LogP contribution is 2.40. The quantitative estimate of drug-likeness (QED) is 0.148. The van der Waals surface area contributed by atoms with Gasteiger partial charge in [0.1, 0.15) is 11.5 Å². The van der Waals surface area contributed by atoms with E-state index in [-0.39, 0.29) is 17.7 Å². The average molecular weight is 635 g/mol. The summed E-state index contributed by atoms with van der Waals surface area (Å²) in [5.74, 6) is 1.81. The zero-order chi connectivity index (χ0) is 32.3. The number of piperidine rings is 1. The van der Waals surface area contributed by atoms with Crippen molar-refractivity contribution in [1.82, 2.24) is 19.4 Å². The number of nitrogens with one attached hydrogen (secondary N) is 1. The lowest BCUT2D eigenvalue weighted by Crippen LogP contribution is -2.47. The molecule has 0 spiro atoms. The molecular formula is C39H46N4O4. The van der Waals surface area contributed by atoms with Gasteiger partial charge in [-0.15, -0.1) is 0 Å². The van der Waals surface area contributed by atoms with E-state index < -0.39 is 0 Å². The fourth-order valence-electron chi connectivity index (χ4n) is 7.55. The minimum absolute atomic E-state index is 0.123. The van der Waals surface area contributed by atoms with Crippen molar-refractivity contribution in [2.75, 3.05) is 41.0 Å². The smallest absolute Gasteiger partial charge is 0.228 e. The van der Waals surface area contributed by atoms with Crippen molar-refractivity contribution in [3.8, 4) is 11.5 Å². The van der Waals surface area contributed by atoms with E-state index in [4.69, 9.17) is 14.2 Å². The van der Waals surface area contributed by atoms with Gasteiger partial charge in [-0.25, -0.2) is 0 Å². The molecule has 3 aromatic carbocycles. The first-order valence-electron chi connectivity index (χ1n) is 16.9. The molecule has 1 N–H and O–H groups in total. The van der Waals surface area contributed by atoms with E-state index >= 15 is 0 Å². The van der Waals surface area contributed by atoms with Crippen LogP contribution in [0.5, 0.6) is 11.5 Å². The Bertz CT molecular complexity index is 1830. The predicted molar refractivity (Wildman–Crippen MR) is 186 cm³/mol. The minimum Gasteiger partial charge on any atom is -0.497 e. The van der Waals surface area contributed by atoms with Crippen molar-refractivity contribution in [2.45, 2.75) is 57.3 Å². The Morgan fingerprint density at radius 3 is 2.51 bits per heavy atom. The van der Waals surface area contributed by atoms with Crippen LogP contribution in [0.2, 0.25) is 0 Å². The zero-order valence-corrected chi connectivity index (χ0v) is 27.8. The van der Waals surface area contributed by atoms with Gasteiger partial charge in [0.25, 0.3) is 0 Å². The minimum atomic E-state index is -0.134. The van der Waals surface area contributed by atoms with Crippen LogP contribution in [0.25, 0.3) is 21.8 Å². The summed E-state index contributed by atoms with van der Waals surface area (Å²) in [6.07, 6.45) is 8.45. The normalized spacial score (nSPS) is 18.1. The van der Waals surface area contributed by atoms with Crippen LogP contribution in [0.15, 0.2) is 79.1 Å². The van der Waals surface area contributed by atoms with Gasteiger partial charge < -0.3 is 33.6 Å². The van der Waals surface area contributed by atoms with Crippen LogP contribution >= 0.6 is 0 Å². The van der Waals surface area contributed by atoms with E-state index in [1.165, 1.54) is 32.9 Å². The molecule has 2 aromatic heterocycles. The highest BCUT2D eigenvalue weighted by atomic mass is 16.5. The summed E-state index contributed by atoms with van der Waals surface area (Å²) in [6.45, 7) is 4.54. The summed E-state index contributed by atoms with van der Waals surface area (Å²) in [4.78, 5) is 16.9. The molecule has 5 aromatic rings. The van der Waals surface area contributed by atoms with E-state index in [1.54, 1.807) is 21.3 Å². The Morgan fingerprint density at radius 2 is 1.74 bits per heavy atom. The van der Waals surface area contributed by atoms with Crippen LogP contribution in [0.1, 0.15) is 48.3 Å². The maximum absolute atomic E-state index is 14.7. The number of amides is 1. The molecule has 1 saturated heterocycles. The van der Waals surface area contributed by atoms with E-state index in [0.717, 1.165) is 62.4 Å². The maximum atomic E-state index is 14.7. The molecule has 0 bridgehead atoms. The number of methoxy groups -OCH3 is 3. The Hall–Kier alpha value is -4.27. The lowest BCUT2D eigenvalue weighted by atomic mass is 9.79. The zero-order valence-electron chi connectivity index (χ0n) is 27.8. The number of aromatic nitrogens is 2. The van der Waals surface area contributed by atoms with Gasteiger partial charge in [-0.2, -0.15) is 0 Å². The molecule has 3 heterocycles. The standard InChI is InChI=1S/C39H46N4O4/c1-45-19-7-17-41-25-29(33-9-4-5-11-37(33)41)26-43(30-12-13-30)39(44)36-23-40-16-14-34(36)35-10-6-8-28-15-18-42(38(28)35)24-27-20-31(46-2)22-32(21-27)47-3/h4-6,8-11,15,18,20-22,25,30,34,36,40H,7,12-14,16-17,19,23-24,26H2,1-3H3/t34-,36+/m1/s1. The Labute approximate surface area is 277 Å². The van der Waals surface area contributed by atoms with Crippen molar-refractivity contribution >= 4 is 27.7 Å². The average Bonchev–Trinajstić information content (AvgIpc) is 3.79. The predicted octanol–water partition coefficient (Wildman–Crippen LogP) is 6.58. The summed E-state index contributed by atoms with van der Waals surface area (Å²) >= 11 is 0. The molecule has 0 unspecified atom stereocenters. The number of hydrogen-bond donors (Lipinski definition) is 1. The van der Waals surface area contributed by atoms with Crippen molar-refractivity contribution in [3.05, 3.63) is 95.8 Å². The number of carbonyl (C=O) groups is 1. The van der Waals surface area contributed by atoms with Gasteiger partial charge in [-0.3, -0.25) is 4.79 Å². The van der Waals surface area contributed by atoms with Crippen LogP contribution in [-0.2, 0) is 29.2 Å². The molecule has 1 aliphatic carbocycles. The lowest BCUT2D eigenvalue weighted by Gasteiger charge is -2.36. The lowest BCUT2D eigenvalue weighted by molar-refractivity contribution is -0.138. The van der Waals surface area contributed by atoms with Gasteiger partial charge in [0.05, 0.1) is 25.7 Å². The van der Waals surface area contributed by atoms with Crippen LogP contribution in [0, 0.1) is 5.92 Å². The number of ether oxygens (including phenoxy) is 3. The Balaban J connectivity index is 1.20. The summed E-state index contributed by atoms with van der Waals surface area (Å²) in [6, 6.07) is 23.7. The van der Waals surface area contributed by atoms with Crippen molar-refractivity contribution in [3.63, 3.8) is 0 Å².